The molecule has 1 heterocycles. The number of nitrogens with zero attached hydrogens (tertiary/aromatic N) is 1. The molecule has 0 radical (unpaired) electrons. The standard InChI is InChI=1S/C12H22N2O3/c1-8(5-11(15)16)6-13-12(17)14-7-9(2)4-10(14)3/h8-10H,4-7H2,1-3H3,(H,13,17)(H,15,16). The first kappa shape index (κ1) is 13.8. The molecule has 98 valence electrons. The van der Waals surface area contributed by atoms with E-state index in [1.165, 1.54) is 0 Å². The number of urea groups is 1. The summed E-state index contributed by atoms with van der Waals surface area (Å²) in [6.45, 7) is 7.22. The van der Waals surface area contributed by atoms with E-state index in [-0.39, 0.29) is 24.4 Å². The Kier molecular flexibility index (Phi) is 4.78. The van der Waals surface area contributed by atoms with E-state index in [1.807, 2.05) is 18.7 Å². The summed E-state index contributed by atoms with van der Waals surface area (Å²) in [4.78, 5) is 24.2. The molecule has 0 aromatic heterocycles. The van der Waals surface area contributed by atoms with Gasteiger partial charge in [0.05, 0.1) is 0 Å². The maximum Gasteiger partial charge on any atom is 0.317 e. The second-order valence-electron chi connectivity index (χ2n) is 5.23. The Labute approximate surface area is 102 Å². The third kappa shape index (κ3) is 4.24. The highest BCUT2D eigenvalue weighted by atomic mass is 16.4. The van der Waals surface area contributed by atoms with Crippen molar-refractivity contribution >= 4 is 12.0 Å². The average Bonchev–Trinajstić information content (AvgIpc) is 2.53. The maximum atomic E-state index is 11.9. The quantitative estimate of drug-likeness (QED) is 0.785. The van der Waals surface area contributed by atoms with Gasteiger partial charge in [-0.1, -0.05) is 13.8 Å². The maximum absolute atomic E-state index is 11.9. The minimum absolute atomic E-state index is 0.0354. The van der Waals surface area contributed by atoms with Gasteiger partial charge in [-0.2, -0.15) is 0 Å². The Morgan fingerprint density at radius 2 is 2.12 bits per heavy atom. The number of nitrogens with one attached hydrogen (secondary N) is 1. The second-order valence-corrected chi connectivity index (χ2v) is 5.23. The van der Waals surface area contributed by atoms with Crippen molar-refractivity contribution in [1.82, 2.24) is 10.2 Å². The SMILES string of the molecule is CC(CNC(=O)N1CC(C)CC1C)CC(=O)O. The number of carboxylic acid groups (broad SMARTS) is 1. The highest BCUT2D eigenvalue weighted by molar-refractivity contribution is 5.75. The molecule has 3 atom stereocenters. The molecule has 1 saturated heterocycles. The number of rotatable bonds is 4. The molecule has 5 heteroatoms. The number of aliphatic carboxylic acids is 1. The third-order valence-corrected chi connectivity index (χ3v) is 3.17. The molecule has 0 bridgehead atoms. The minimum atomic E-state index is -0.824. The fourth-order valence-corrected chi connectivity index (χ4v) is 2.32. The van der Waals surface area contributed by atoms with Gasteiger partial charge < -0.3 is 15.3 Å². The van der Waals surface area contributed by atoms with E-state index in [9.17, 15) is 9.59 Å². The van der Waals surface area contributed by atoms with Gasteiger partial charge >= 0.3 is 12.0 Å². The number of hydrogen-bond acceptors (Lipinski definition) is 2. The number of carbonyl (C=O) groups is 2. The fraction of sp³-hybridized carbons (Fsp3) is 0.833. The summed E-state index contributed by atoms with van der Waals surface area (Å²) in [6, 6.07) is 0.207. The van der Waals surface area contributed by atoms with Crippen LogP contribution in [0.15, 0.2) is 0 Å². The van der Waals surface area contributed by atoms with Crippen molar-refractivity contribution in [2.75, 3.05) is 13.1 Å². The van der Waals surface area contributed by atoms with Gasteiger partial charge in [0.25, 0.3) is 0 Å². The summed E-state index contributed by atoms with van der Waals surface area (Å²) < 4.78 is 0. The Balaban J connectivity index is 2.32. The molecule has 0 saturated carbocycles. The molecule has 17 heavy (non-hydrogen) atoms. The van der Waals surface area contributed by atoms with E-state index < -0.39 is 5.97 Å². The van der Waals surface area contributed by atoms with Crippen LogP contribution in [0.4, 0.5) is 4.79 Å². The Bertz CT molecular complexity index is 293. The Morgan fingerprint density at radius 3 is 2.59 bits per heavy atom. The molecule has 0 aromatic rings. The van der Waals surface area contributed by atoms with Gasteiger partial charge in [-0.05, 0) is 25.2 Å². The fourth-order valence-electron chi connectivity index (χ4n) is 2.32. The summed E-state index contributed by atoms with van der Waals surface area (Å²) in [6.07, 6.45) is 1.13. The molecule has 1 rings (SSSR count). The van der Waals surface area contributed by atoms with Crippen LogP contribution in [0.25, 0.3) is 0 Å². The van der Waals surface area contributed by atoms with Crippen LogP contribution >= 0.6 is 0 Å². The van der Waals surface area contributed by atoms with E-state index in [0.717, 1.165) is 13.0 Å². The molecule has 0 aromatic carbocycles. The molecule has 2 N–H and O–H groups in total. The number of carboxylic acids is 1. The van der Waals surface area contributed by atoms with Crippen LogP contribution in [0.1, 0.15) is 33.6 Å². The molecule has 1 fully saturated rings. The van der Waals surface area contributed by atoms with Gasteiger partial charge in [-0.25, -0.2) is 4.79 Å². The first-order valence-electron chi connectivity index (χ1n) is 6.16. The lowest BCUT2D eigenvalue weighted by Gasteiger charge is -2.22. The summed E-state index contributed by atoms with van der Waals surface area (Å²) in [5.74, 6) is -0.311. The smallest absolute Gasteiger partial charge is 0.317 e. The molecule has 3 unspecified atom stereocenters. The van der Waals surface area contributed by atoms with Gasteiger partial charge in [0, 0.05) is 25.6 Å². The Hall–Kier alpha value is -1.26. The first-order chi connectivity index (χ1) is 7.90. The van der Waals surface area contributed by atoms with E-state index >= 15 is 0 Å². The van der Waals surface area contributed by atoms with Crippen LogP contribution in [0, 0.1) is 11.8 Å². The van der Waals surface area contributed by atoms with Gasteiger partial charge in [0.15, 0.2) is 0 Å². The van der Waals surface area contributed by atoms with Crippen molar-refractivity contribution in [3.63, 3.8) is 0 Å². The van der Waals surface area contributed by atoms with Crippen LogP contribution in [0.3, 0.4) is 0 Å². The molecule has 0 spiro atoms. The summed E-state index contributed by atoms with van der Waals surface area (Å²) >= 11 is 0. The van der Waals surface area contributed by atoms with Crippen LogP contribution in [0.2, 0.25) is 0 Å². The van der Waals surface area contributed by atoms with Gasteiger partial charge in [0.1, 0.15) is 0 Å². The van der Waals surface area contributed by atoms with Crippen LogP contribution in [0.5, 0.6) is 0 Å². The highest BCUT2D eigenvalue weighted by Crippen LogP contribution is 2.21. The lowest BCUT2D eigenvalue weighted by atomic mass is 10.1. The zero-order valence-electron chi connectivity index (χ0n) is 10.8. The highest BCUT2D eigenvalue weighted by Gasteiger charge is 2.29. The van der Waals surface area contributed by atoms with Crippen molar-refractivity contribution in [3.05, 3.63) is 0 Å². The van der Waals surface area contributed by atoms with Crippen molar-refractivity contribution in [2.24, 2.45) is 11.8 Å². The van der Waals surface area contributed by atoms with Gasteiger partial charge in [0.2, 0.25) is 0 Å². The van der Waals surface area contributed by atoms with E-state index in [0.29, 0.717) is 12.5 Å². The van der Waals surface area contributed by atoms with Gasteiger partial charge in [-0.3, -0.25) is 4.79 Å². The number of amides is 2. The lowest BCUT2D eigenvalue weighted by Crippen LogP contribution is -2.43. The average molecular weight is 242 g/mol. The van der Waals surface area contributed by atoms with Crippen molar-refractivity contribution in [2.45, 2.75) is 39.7 Å². The summed E-state index contributed by atoms with van der Waals surface area (Å²) in [5, 5.41) is 11.4. The molecule has 2 amide bonds. The molecular weight excluding hydrogens is 220 g/mol. The van der Waals surface area contributed by atoms with E-state index in [2.05, 4.69) is 12.2 Å². The third-order valence-electron chi connectivity index (χ3n) is 3.17. The van der Waals surface area contributed by atoms with Gasteiger partial charge in [-0.15, -0.1) is 0 Å². The van der Waals surface area contributed by atoms with Crippen LogP contribution in [-0.4, -0.2) is 41.1 Å². The molecule has 5 nitrogen and oxygen atoms in total. The lowest BCUT2D eigenvalue weighted by molar-refractivity contribution is -0.137. The Morgan fingerprint density at radius 1 is 1.47 bits per heavy atom. The molecular formula is C12H22N2O3. The predicted octanol–water partition coefficient (Wildman–Crippen LogP) is 1.54. The zero-order valence-corrected chi connectivity index (χ0v) is 10.8. The monoisotopic (exact) mass is 242 g/mol. The normalized spacial score (nSPS) is 25.7. The molecule has 1 aliphatic heterocycles. The second kappa shape index (κ2) is 5.89. The van der Waals surface area contributed by atoms with Crippen molar-refractivity contribution in [3.8, 4) is 0 Å². The summed E-state index contributed by atoms with van der Waals surface area (Å²) in [7, 11) is 0. The number of hydrogen-bond donors (Lipinski definition) is 2. The summed E-state index contributed by atoms with van der Waals surface area (Å²) in [5.41, 5.74) is 0. The van der Waals surface area contributed by atoms with E-state index in [4.69, 9.17) is 5.11 Å². The topological polar surface area (TPSA) is 69.6 Å². The number of likely N-dealkylation sites (tertiary alicyclic amines) is 1. The van der Waals surface area contributed by atoms with Crippen LogP contribution < -0.4 is 5.32 Å². The van der Waals surface area contributed by atoms with E-state index in [1.54, 1.807) is 0 Å². The number of carbonyl (C=O) groups excluding carboxylic acids is 1. The molecule has 0 aliphatic carbocycles. The predicted molar refractivity (Wildman–Crippen MR) is 64.8 cm³/mol. The van der Waals surface area contributed by atoms with Crippen molar-refractivity contribution in [1.29, 1.82) is 0 Å². The zero-order chi connectivity index (χ0) is 13.0. The molecule has 1 aliphatic rings. The van der Waals surface area contributed by atoms with Crippen LogP contribution in [-0.2, 0) is 4.79 Å². The minimum Gasteiger partial charge on any atom is -0.481 e. The largest absolute Gasteiger partial charge is 0.481 e. The van der Waals surface area contributed by atoms with Crippen molar-refractivity contribution < 1.29 is 14.7 Å². The first-order valence-corrected chi connectivity index (χ1v) is 6.16.